The van der Waals surface area contributed by atoms with Crippen LogP contribution in [-0.4, -0.2) is 136 Å². The van der Waals surface area contributed by atoms with E-state index in [0.717, 1.165) is 0 Å². The number of methoxy groups -OCH3 is 2. The van der Waals surface area contributed by atoms with Crippen LogP contribution in [0.2, 0.25) is 0 Å². The summed E-state index contributed by atoms with van der Waals surface area (Å²) >= 11 is 0. The van der Waals surface area contributed by atoms with Gasteiger partial charge in [0.1, 0.15) is 77.9 Å². The standard InChI is InChI=1S/C30H38O15/c1-13-21(31)23(33)25(35)28(43-13)41-11-19-22(32)24(34)26(36)29(45-19)44-18-9-16(40-3)8-17-20(18)27(37)30(38,12-42-17)10-14-4-6-15(39-2)7-5-14/h4-9,13,19,21-26,28-29,31-36,38H,10-12H2,1-3H3/t13-,19-,21-,22-,23-,24-,25+,26-,28+,29-,30+/m0/s1. The molecule has 0 amide bonds. The lowest BCUT2D eigenvalue weighted by Gasteiger charge is -2.42. The first kappa shape index (κ1) is 33.3. The normalized spacial score (nSPS) is 36.5. The van der Waals surface area contributed by atoms with Crippen LogP contribution in [0.15, 0.2) is 36.4 Å². The molecule has 3 aliphatic rings. The van der Waals surface area contributed by atoms with Crippen molar-refractivity contribution < 1.29 is 73.7 Å². The largest absolute Gasteiger partial charge is 0.497 e. The number of aliphatic hydroxyl groups is 7. The topological polar surface area (TPSA) is 223 Å². The summed E-state index contributed by atoms with van der Waals surface area (Å²) < 4.78 is 38.8. The molecule has 3 heterocycles. The maximum atomic E-state index is 13.8. The van der Waals surface area contributed by atoms with Crippen molar-refractivity contribution in [1.82, 2.24) is 0 Å². The Bertz CT molecular complexity index is 1340. The van der Waals surface area contributed by atoms with E-state index >= 15 is 0 Å². The Morgan fingerprint density at radius 2 is 1.47 bits per heavy atom. The number of aliphatic hydroxyl groups excluding tert-OH is 6. The van der Waals surface area contributed by atoms with Gasteiger partial charge >= 0.3 is 0 Å². The summed E-state index contributed by atoms with van der Waals surface area (Å²) in [4.78, 5) is 13.8. The molecule has 0 radical (unpaired) electrons. The quantitative estimate of drug-likeness (QED) is 0.162. The van der Waals surface area contributed by atoms with Gasteiger partial charge < -0.3 is 68.9 Å². The third-order valence-corrected chi connectivity index (χ3v) is 8.19. The molecule has 11 atom stereocenters. The van der Waals surface area contributed by atoms with Crippen LogP contribution in [-0.2, 0) is 20.6 Å². The van der Waals surface area contributed by atoms with Crippen molar-refractivity contribution in [3.05, 3.63) is 47.5 Å². The molecular formula is C30H38O15. The number of benzene rings is 2. The highest BCUT2D eigenvalue weighted by molar-refractivity contribution is 6.08. The second-order valence-electron chi connectivity index (χ2n) is 11.3. The van der Waals surface area contributed by atoms with Crippen LogP contribution in [0.5, 0.6) is 23.0 Å². The molecule has 45 heavy (non-hydrogen) atoms. The van der Waals surface area contributed by atoms with Crippen LogP contribution in [0.25, 0.3) is 0 Å². The van der Waals surface area contributed by atoms with E-state index in [1.54, 1.807) is 24.3 Å². The van der Waals surface area contributed by atoms with Crippen molar-refractivity contribution in [3.63, 3.8) is 0 Å². The fourth-order valence-electron chi connectivity index (χ4n) is 5.44. The molecule has 2 aromatic rings. The SMILES string of the molecule is COc1ccc(C[C@@]2(O)COc3cc(OC)cc(O[C@H]4O[C@@H](CO[C@@H]5O[C@@H](C)[C@H](O)[C@H](O)[C@H]5O)[C@H](O)[C@H](O)[C@@H]4O)c3C2=O)cc1. The van der Waals surface area contributed by atoms with E-state index in [-0.39, 0.29) is 35.8 Å². The van der Waals surface area contributed by atoms with Gasteiger partial charge in [-0.15, -0.1) is 0 Å². The van der Waals surface area contributed by atoms with Crippen molar-refractivity contribution >= 4 is 5.78 Å². The highest BCUT2D eigenvalue weighted by atomic mass is 16.7. The van der Waals surface area contributed by atoms with Gasteiger partial charge in [-0.1, -0.05) is 12.1 Å². The first-order valence-electron chi connectivity index (χ1n) is 14.3. The number of fused-ring (bicyclic) bond motifs is 1. The van der Waals surface area contributed by atoms with Gasteiger partial charge in [-0.25, -0.2) is 0 Å². The van der Waals surface area contributed by atoms with Crippen molar-refractivity contribution in [2.75, 3.05) is 27.4 Å². The molecule has 2 saturated heterocycles. The third kappa shape index (κ3) is 6.59. The summed E-state index contributed by atoms with van der Waals surface area (Å²) in [5.74, 6) is -0.0904. The molecule has 5 rings (SSSR count). The molecule has 0 aliphatic carbocycles. The van der Waals surface area contributed by atoms with E-state index in [0.29, 0.717) is 11.3 Å². The van der Waals surface area contributed by atoms with Crippen LogP contribution in [0.3, 0.4) is 0 Å². The van der Waals surface area contributed by atoms with Gasteiger partial charge in [-0.3, -0.25) is 4.79 Å². The molecule has 0 unspecified atom stereocenters. The van der Waals surface area contributed by atoms with E-state index in [4.69, 9.17) is 33.2 Å². The van der Waals surface area contributed by atoms with Crippen molar-refractivity contribution in [1.29, 1.82) is 0 Å². The van der Waals surface area contributed by atoms with Crippen LogP contribution >= 0.6 is 0 Å². The zero-order valence-corrected chi connectivity index (χ0v) is 24.8. The molecule has 248 valence electrons. The number of ketones is 1. The minimum Gasteiger partial charge on any atom is -0.497 e. The van der Waals surface area contributed by atoms with E-state index < -0.39 is 79.4 Å². The van der Waals surface area contributed by atoms with Crippen molar-refractivity contribution in [3.8, 4) is 23.0 Å². The maximum Gasteiger partial charge on any atom is 0.229 e. The Morgan fingerprint density at radius 1 is 0.822 bits per heavy atom. The summed E-state index contributed by atoms with van der Waals surface area (Å²) in [6.45, 7) is 0.579. The molecule has 0 bridgehead atoms. The van der Waals surface area contributed by atoms with Gasteiger partial charge in [0.25, 0.3) is 0 Å². The van der Waals surface area contributed by atoms with E-state index in [9.17, 15) is 40.5 Å². The zero-order valence-electron chi connectivity index (χ0n) is 24.8. The fraction of sp³-hybridized carbons (Fsp3) is 0.567. The molecular weight excluding hydrogens is 600 g/mol. The lowest BCUT2D eigenvalue weighted by Crippen LogP contribution is -2.61. The molecule has 3 aliphatic heterocycles. The van der Waals surface area contributed by atoms with Gasteiger partial charge in [0.15, 0.2) is 11.9 Å². The third-order valence-electron chi connectivity index (χ3n) is 8.19. The summed E-state index contributed by atoms with van der Waals surface area (Å²) in [5, 5.41) is 73.6. The maximum absolute atomic E-state index is 13.8. The number of hydrogen-bond donors (Lipinski definition) is 7. The highest BCUT2D eigenvalue weighted by Crippen LogP contribution is 2.42. The van der Waals surface area contributed by atoms with E-state index in [2.05, 4.69) is 0 Å². The number of Topliss-reactive ketones (excluding diaryl/α,β-unsaturated/α-hetero) is 1. The van der Waals surface area contributed by atoms with Crippen LogP contribution < -0.4 is 18.9 Å². The fourth-order valence-corrected chi connectivity index (χ4v) is 5.44. The van der Waals surface area contributed by atoms with E-state index in [1.165, 1.54) is 33.3 Å². The summed E-state index contributed by atoms with van der Waals surface area (Å²) in [6, 6.07) is 9.53. The predicted molar refractivity (Wildman–Crippen MR) is 150 cm³/mol. The first-order valence-corrected chi connectivity index (χ1v) is 14.3. The lowest BCUT2D eigenvalue weighted by atomic mass is 9.85. The number of carbonyl (C=O) groups is 1. The van der Waals surface area contributed by atoms with Gasteiger partial charge in [-0.05, 0) is 24.6 Å². The van der Waals surface area contributed by atoms with Gasteiger partial charge in [-0.2, -0.15) is 0 Å². The van der Waals surface area contributed by atoms with Gasteiger partial charge in [0.2, 0.25) is 12.1 Å². The molecule has 15 nitrogen and oxygen atoms in total. The van der Waals surface area contributed by atoms with Crippen molar-refractivity contribution in [2.24, 2.45) is 0 Å². The number of hydrogen-bond acceptors (Lipinski definition) is 15. The molecule has 7 N–H and O–H groups in total. The molecule has 2 fully saturated rings. The average molecular weight is 639 g/mol. The molecule has 2 aromatic carbocycles. The van der Waals surface area contributed by atoms with Gasteiger partial charge in [0.05, 0.1) is 26.9 Å². The summed E-state index contributed by atoms with van der Waals surface area (Å²) in [6.07, 6.45) is -15.3. The second-order valence-corrected chi connectivity index (χ2v) is 11.3. The van der Waals surface area contributed by atoms with Crippen LogP contribution in [0.4, 0.5) is 0 Å². The minimum atomic E-state index is -2.00. The molecule has 0 saturated carbocycles. The monoisotopic (exact) mass is 638 g/mol. The molecule has 0 aromatic heterocycles. The van der Waals surface area contributed by atoms with Crippen LogP contribution in [0, 0.1) is 0 Å². The van der Waals surface area contributed by atoms with E-state index in [1.807, 2.05) is 0 Å². The number of ether oxygens (including phenoxy) is 7. The lowest BCUT2D eigenvalue weighted by molar-refractivity contribution is -0.318. The predicted octanol–water partition coefficient (Wildman–Crippen LogP) is -1.72. The Labute approximate surface area is 258 Å². The first-order chi connectivity index (χ1) is 21.4. The highest BCUT2D eigenvalue weighted by Gasteiger charge is 2.49. The Kier molecular flexibility index (Phi) is 9.86. The molecule has 0 spiro atoms. The average Bonchev–Trinajstić information content (AvgIpc) is 3.03. The Hall–Kier alpha value is -3.09. The zero-order chi connectivity index (χ0) is 32.6. The smallest absolute Gasteiger partial charge is 0.229 e. The van der Waals surface area contributed by atoms with Crippen molar-refractivity contribution in [2.45, 2.75) is 80.4 Å². The van der Waals surface area contributed by atoms with Crippen LogP contribution in [0.1, 0.15) is 22.8 Å². The Balaban J connectivity index is 1.36. The Morgan fingerprint density at radius 3 is 2.13 bits per heavy atom. The summed E-state index contributed by atoms with van der Waals surface area (Å²) in [5.41, 5.74) is -1.53. The minimum absolute atomic E-state index is 0.0396. The van der Waals surface area contributed by atoms with Gasteiger partial charge in [0, 0.05) is 18.6 Å². The molecule has 15 heteroatoms. The number of rotatable bonds is 9. The number of carbonyl (C=O) groups excluding carboxylic acids is 1. The summed E-state index contributed by atoms with van der Waals surface area (Å²) in [7, 11) is 2.89. The second kappa shape index (κ2) is 13.3.